The Bertz CT molecular complexity index is 495. The molecule has 0 spiro atoms. The van der Waals surface area contributed by atoms with Gasteiger partial charge < -0.3 is 4.90 Å². The summed E-state index contributed by atoms with van der Waals surface area (Å²) in [4.78, 5) is 2.65. The molecule has 0 heterocycles. The van der Waals surface area contributed by atoms with E-state index in [9.17, 15) is 8.42 Å². The topological polar surface area (TPSA) is 37.4 Å². The highest BCUT2D eigenvalue weighted by molar-refractivity contribution is 7.91. The maximum atomic E-state index is 11.8. The molecule has 0 aliphatic heterocycles. The zero-order valence-corrected chi connectivity index (χ0v) is 14.0. The van der Waals surface area contributed by atoms with Crippen molar-refractivity contribution in [2.75, 3.05) is 23.1 Å². The fourth-order valence-electron chi connectivity index (χ4n) is 2.35. The fourth-order valence-corrected chi connectivity index (χ4v) is 3.42. The molecule has 0 radical (unpaired) electrons. The highest BCUT2D eigenvalue weighted by Crippen LogP contribution is 2.23. The Hall–Kier alpha value is -0.740. The van der Waals surface area contributed by atoms with Gasteiger partial charge >= 0.3 is 0 Å². The van der Waals surface area contributed by atoms with Crippen LogP contribution in [-0.4, -0.2) is 32.6 Å². The lowest BCUT2D eigenvalue weighted by molar-refractivity contribution is 0.567. The van der Waals surface area contributed by atoms with E-state index in [1.165, 1.54) is 0 Å². The van der Waals surface area contributed by atoms with E-state index in [1.54, 1.807) is 19.1 Å². The number of nitrogens with zero attached hydrogens (tertiary/aromatic N) is 1. The third kappa shape index (κ3) is 4.13. The standard InChI is InChI=1S/C15H24ClNO2S/c1-4-13(5-2)17(12-11-16)14-7-9-15(10-8-14)20(18,19)6-3/h7-10,13H,4-6,11-12H2,1-3H3. The van der Waals surface area contributed by atoms with Crippen LogP contribution in [0.5, 0.6) is 0 Å². The molecule has 0 unspecified atom stereocenters. The number of halogens is 1. The normalized spacial score (nSPS) is 11.8. The molecule has 1 rings (SSSR count). The molecular formula is C15H24ClNO2S. The van der Waals surface area contributed by atoms with Gasteiger partial charge in [-0.2, -0.15) is 0 Å². The van der Waals surface area contributed by atoms with Crippen molar-refractivity contribution >= 4 is 27.1 Å². The van der Waals surface area contributed by atoms with Crippen LogP contribution >= 0.6 is 11.6 Å². The van der Waals surface area contributed by atoms with E-state index < -0.39 is 9.84 Å². The van der Waals surface area contributed by atoms with Gasteiger partial charge in [-0.1, -0.05) is 20.8 Å². The Morgan fingerprint density at radius 3 is 2.05 bits per heavy atom. The molecule has 1 aromatic rings. The Morgan fingerprint density at radius 2 is 1.65 bits per heavy atom. The highest BCUT2D eigenvalue weighted by atomic mass is 35.5. The van der Waals surface area contributed by atoms with Crippen LogP contribution in [0.25, 0.3) is 0 Å². The fraction of sp³-hybridized carbons (Fsp3) is 0.600. The van der Waals surface area contributed by atoms with Gasteiger partial charge in [0.1, 0.15) is 0 Å². The van der Waals surface area contributed by atoms with Gasteiger partial charge in [-0.05, 0) is 37.1 Å². The molecule has 114 valence electrons. The van der Waals surface area contributed by atoms with E-state index in [2.05, 4.69) is 18.7 Å². The minimum atomic E-state index is -3.13. The molecule has 0 amide bonds. The van der Waals surface area contributed by atoms with Gasteiger partial charge in [0, 0.05) is 24.2 Å². The van der Waals surface area contributed by atoms with Gasteiger partial charge in [-0.15, -0.1) is 11.6 Å². The summed E-state index contributed by atoms with van der Waals surface area (Å²) >= 11 is 5.89. The van der Waals surface area contributed by atoms with E-state index in [1.807, 2.05) is 12.1 Å². The molecule has 0 atom stereocenters. The molecule has 5 heteroatoms. The first kappa shape index (κ1) is 17.3. The minimum Gasteiger partial charge on any atom is -0.367 e. The molecule has 0 saturated carbocycles. The quantitative estimate of drug-likeness (QED) is 0.686. The number of rotatable bonds is 8. The first-order chi connectivity index (χ1) is 9.50. The Labute approximate surface area is 127 Å². The summed E-state index contributed by atoms with van der Waals surface area (Å²) in [7, 11) is -3.13. The van der Waals surface area contributed by atoms with Gasteiger partial charge in [0.05, 0.1) is 10.6 Å². The average molecular weight is 318 g/mol. The summed E-state index contributed by atoms with van der Waals surface area (Å²) in [6, 6.07) is 7.58. The van der Waals surface area contributed by atoms with Gasteiger partial charge in [-0.3, -0.25) is 0 Å². The Morgan fingerprint density at radius 1 is 1.10 bits per heavy atom. The van der Waals surface area contributed by atoms with Gasteiger partial charge in [0.2, 0.25) is 0 Å². The Kier molecular flexibility index (Phi) is 6.83. The van der Waals surface area contributed by atoms with E-state index >= 15 is 0 Å². The van der Waals surface area contributed by atoms with E-state index in [4.69, 9.17) is 11.6 Å². The second-order valence-electron chi connectivity index (χ2n) is 4.75. The SMILES string of the molecule is CCC(CC)N(CCCl)c1ccc(S(=O)(=O)CC)cc1. The predicted molar refractivity (Wildman–Crippen MR) is 86.6 cm³/mol. The summed E-state index contributed by atoms with van der Waals surface area (Å²) < 4.78 is 23.6. The van der Waals surface area contributed by atoms with E-state index in [0.717, 1.165) is 25.1 Å². The summed E-state index contributed by atoms with van der Waals surface area (Å²) in [6.07, 6.45) is 2.09. The van der Waals surface area contributed by atoms with Crippen LogP contribution in [0.2, 0.25) is 0 Å². The van der Waals surface area contributed by atoms with Crippen LogP contribution in [0.15, 0.2) is 29.2 Å². The number of sulfone groups is 1. The summed E-state index contributed by atoms with van der Waals surface area (Å²) in [5, 5.41) is 0. The lowest BCUT2D eigenvalue weighted by atomic mass is 10.1. The number of anilines is 1. The van der Waals surface area contributed by atoms with Crippen LogP contribution in [0.4, 0.5) is 5.69 Å². The van der Waals surface area contributed by atoms with E-state index in [-0.39, 0.29) is 5.75 Å². The molecule has 0 aliphatic rings. The molecule has 0 aliphatic carbocycles. The van der Waals surface area contributed by atoms with Gasteiger partial charge in [-0.25, -0.2) is 8.42 Å². The largest absolute Gasteiger partial charge is 0.367 e. The zero-order chi connectivity index (χ0) is 15.2. The van der Waals surface area contributed by atoms with Crippen LogP contribution in [-0.2, 0) is 9.84 Å². The second kappa shape index (κ2) is 7.89. The highest BCUT2D eigenvalue weighted by Gasteiger charge is 2.17. The predicted octanol–water partition coefficient (Wildman–Crippen LogP) is 3.71. The van der Waals surface area contributed by atoms with Crippen molar-refractivity contribution in [2.45, 2.75) is 44.6 Å². The van der Waals surface area contributed by atoms with Crippen LogP contribution < -0.4 is 4.90 Å². The molecule has 1 aromatic carbocycles. The molecule has 0 saturated heterocycles. The lowest BCUT2D eigenvalue weighted by Gasteiger charge is -2.32. The van der Waals surface area contributed by atoms with Gasteiger partial charge in [0.15, 0.2) is 9.84 Å². The molecule has 0 N–H and O–H groups in total. The number of alkyl halides is 1. The maximum Gasteiger partial charge on any atom is 0.178 e. The monoisotopic (exact) mass is 317 g/mol. The third-order valence-corrected chi connectivity index (χ3v) is 5.54. The Balaban J connectivity index is 3.05. The summed E-state index contributed by atoms with van der Waals surface area (Å²) in [6.45, 7) is 6.75. The molecular weight excluding hydrogens is 294 g/mol. The molecule has 0 fully saturated rings. The van der Waals surface area contributed by atoms with Crippen molar-refractivity contribution in [2.24, 2.45) is 0 Å². The van der Waals surface area contributed by atoms with Crippen molar-refractivity contribution in [1.82, 2.24) is 0 Å². The summed E-state index contributed by atoms with van der Waals surface area (Å²) in [5.74, 6) is 0.690. The van der Waals surface area contributed by atoms with E-state index in [0.29, 0.717) is 16.8 Å². The molecule has 3 nitrogen and oxygen atoms in total. The van der Waals surface area contributed by atoms with Crippen molar-refractivity contribution < 1.29 is 8.42 Å². The lowest BCUT2D eigenvalue weighted by Crippen LogP contribution is -2.36. The van der Waals surface area contributed by atoms with Gasteiger partial charge in [0.25, 0.3) is 0 Å². The second-order valence-corrected chi connectivity index (χ2v) is 7.41. The van der Waals surface area contributed by atoms with Crippen molar-refractivity contribution in [3.8, 4) is 0 Å². The first-order valence-electron chi connectivity index (χ1n) is 7.15. The number of hydrogen-bond donors (Lipinski definition) is 0. The first-order valence-corrected chi connectivity index (χ1v) is 9.34. The average Bonchev–Trinajstić information content (AvgIpc) is 2.47. The minimum absolute atomic E-state index is 0.129. The number of hydrogen-bond acceptors (Lipinski definition) is 3. The van der Waals surface area contributed by atoms with Crippen LogP contribution in [0.3, 0.4) is 0 Å². The van der Waals surface area contributed by atoms with Crippen LogP contribution in [0.1, 0.15) is 33.6 Å². The summed E-state index contributed by atoms with van der Waals surface area (Å²) in [5.41, 5.74) is 1.04. The van der Waals surface area contributed by atoms with Crippen molar-refractivity contribution in [3.05, 3.63) is 24.3 Å². The van der Waals surface area contributed by atoms with Crippen molar-refractivity contribution in [1.29, 1.82) is 0 Å². The van der Waals surface area contributed by atoms with Crippen LogP contribution in [0, 0.1) is 0 Å². The smallest absolute Gasteiger partial charge is 0.178 e. The zero-order valence-electron chi connectivity index (χ0n) is 12.5. The third-order valence-electron chi connectivity index (χ3n) is 3.62. The molecule has 0 bridgehead atoms. The molecule has 20 heavy (non-hydrogen) atoms. The number of benzene rings is 1. The molecule has 0 aromatic heterocycles. The van der Waals surface area contributed by atoms with Crippen molar-refractivity contribution in [3.63, 3.8) is 0 Å². The maximum absolute atomic E-state index is 11.8.